The van der Waals surface area contributed by atoms with E-state index >= 15 is 0 Å². The summed E-state index contributed by atoms with van der Waals surface area (Å²) in [6, 6.07) is 19.6. The van der Waals surface area contributed by atoms with Crippen LogP contribution >= 0.6 is 0 Å². The summed E-state index contributed by atoms with van der Waals surface area (Å²) in [5.41, 5.74) is 4.55. The summed E-state index contributed by atoms with van der Waals surface area (Å²) in [5, 5.41) is 19.5. The first-order valence-electron chi connectivity index (χ1n) is 8.23. The molecule has 3 rings (SSSR count). The Kier molecular flexibility index (Phi) is 4.85. The summed E-state index contributed by atoms with van der Waals surface area (Å²) < 4.78 is 0. The number of aryl methyl sites for hydroxylation is 1. The van der Waals surface area contributed by atoms with Crippen LogP contribution in [0.5, 0.6) is 5.75 Å². The molecule has 0 radical (unpaired) electrons. The third kappa shape index (κ3) is 3.49. The Hall–Kier alpha value is -3.40. The summed E-state index contributed by atoms with van der Waals surface area (Å²) in [4.78, 5) is 15.6. The number of aliphatic imine (C=N–C) groups is 1. The lowest BCUT2D eigenvalue weighted by Gasteiger charge is -2.10. The largest absolute Gasteiger partial charge is 0.505 e. The van der Waals surface area contributed by atoms with Gasteiger partial charge in [-0.2, -0.15) is 0 Å². The van der Waals surface area contributed by atoms with Gasteiger partial charge < -0.3 is 10.2 Å². The van der Waals surface area contributed by atoms with Crippen LogP contribution in [0.4, 0.5) is 5.69 Å². The number of nitrogens with zero attached hydrogens (tertiary/aromatic N) is 1. The minimum absolute atomic E-state index is 0.0890. The van der Waals surface area contributed by atoms with Gasteiger partial charge in [-0.25, -0.2) is 4.79 Å². The SMILES string of the molecule is Cc1cc(C(=O)O)c(C)c(O)c1N=Cc1ccc(-c2ccccc2)cc1. The molecule has 0 aromatic heterocycles. The molecular formula is C22H19NO3. The van der Waals surface area contributed by atoms with Crippen LogP contribution in [0, 0.1) is 13.8 Å². The molecule has 0 aliphatic carbocycles. The van der Waals surface area contributed by atoms with Crippen molar-refractivity contribution < 1.29 is 15.0 Å². The number of carboxylic acid groups (broad SMARTS) is 1. The van der Waals surface area contributed by atoms with E-state index in [1.54, 1.807) is 20.1 Å². The molecule has 0 spiro atoms. The van der Waals surface area contributed by atoms with Crippen LogP contribution in [0.3, 0.4) is 0 Å². The van der Waals surface area contributed by atoms with E-state index in [1.807, 2.05) is 42.5 Å². The smallest absolute Gasteiger partial charge is 0.336 e. The fourth-order valence-electron chi connectivity index (χ4n) is 2.80. The number of aromatic hydroxyl groups is 1. The monoisotopic (exact) mass is 345 g/mol. The molecule has 4 heteroatoms. The average Bonchev–Trinajstić information content (AvgIpc) is 2.65. The summed E-state index contributed by atoms with van der Waals surface area (Å²) in [6.07, 6.45) is 1.66. The highest BCUT2D eigenvalue weighted by atomic mass is 16.4. The fourth-order valence-corrected chi connectivity index (χ4v) is 2.80. The Morgan fingerprint density at radius 1 is 0.962 bits per heavy atom. The van der Waals surface area contributed by atoms with Crippen molar-refractivity contribution in [1.82, 2.24) is 0 Å². The van der Waals surface area contributed by atoms with Crippen molar-refractivity contribution in [3.8, 4) is 16.9 Å². The molecule has 4 nitrogen and oxygen atoms in total. The van der Waals surface area contributed by atoms with Crippen molar-refractivity contribution in [3.63, 3.8) is 0 Å². The van der Waals surface area contributed by atoms with Crippen LogP contribution in [0.25, 0.3) is 11.1 Å². The quantitative estimate of drug-likeness (QED) is 0.644. The first-order chi connectivity index (χ1) is 12.5. The number of carboxylic acids is 1. The summed E-state index contributed by atoms with van der Waals surface area (Å²) in [7, 11) is 0. The van der Waals surface area contributed by atoms with Gasteiger partial charge >= 0.3 is 5.97 Å². The second-order valence-electron chi connectivity index (χ2n) is 6.11. The second kappa shape index (κ2) is 7.23. The molecule has 0 unspecified atom stereocenters. The van der Waals surface area contributed by atoms with Gasteiger partial charge in [0.1, 0.15) is 11.4 Å². The maximum atomic E-state index is 11.2. The zero-order valence-corrected chi connectivity index (χ0v) is 14.6. The molecule has 3 aromatic rings. The molecule has 2 N–H and O–H groups in total. The predicted molar refractivity (Wildman–Crippen MR) is 104 cm³/mol. The van der Waals surface area contributed by atoms with E-state index in [-0.39, 0.29) is 11.3 Å². The first-order valence-corrected chi connectivity index (χ1v) is 8.23. The maximum absolute atomic E-state index is 11.2. The van der Waals surface area contributed by atoms with Gasteiger partial charge in [0.2, 0.25) is 0 Å². The molecule has 0 fully saturated rings. The Bertz CT molecular complexity index is 975. The number of phenols is 1. The molecule has 130 valence electrons. The van der Waals surface area contributed by atoms with Crippen LogP contribution in [0.15, 0.2) is 65.7 Å². The highest BCUT2D eigenvalue weighted by Gasteiger charge is 2.16. The van der Waals surface area contributed by atoms with E-state index in [2.05, 4.69) is 17.1 Å². The van der Waals surface area contributed by atoms with E-state index in [0.29, 0.717) is 16.8 Å². The van der Waals surface area contributed by atoms with Crippen molar-refractivity contribution in [2.24, 2.45) is 4.99 Å². The number of benzene rings is 3. The lowest BCUT2D eigenvalue weighted by Crippen LogP contribution is -2.01. The normalized spacial score (nSPS) is 11.0. The molecule has 0 saturated carbocycles. The van der Waals surface area contributed by atoms with Crippen LogP contribution in [-0.4, -0.2) is 22.4 Å². The molecule has 0 aliphatic heterocycles. The topological polar surface area (TPSA) is 69.9 Å². The Balaban J connectivity index is 1.89. The van der Waals surface area contributed by atoms with Crippen LogP contribution in [-0.2, 0) is 0 Å². The maximum Gasteiger partial charge on any atom is 0.336 e. The summed E-state index contributed by atoms with van der Waals surface area (Å²) >= 11 is 0. The van der Waals surface area contributed by atoms with Gasteiger partial charge in [-0.1, -0.05) is 54.6 Å². The zero-order valence-electron chi connectivity index (χ0n) is 14.6. The third-order valence-corrected chi connectivity index (χ3v) is 4.31. The van der Waals surface area contributed by atoms with Gasteiger partial charge in [0.05, 0.1) is 5.56 Å². The van der Waals surface area contributed by atoms with Crippen molar-refractivity contribution in [1.29, 1.82) is 0 Å². The Morgan fingerprint density at radius 2 is 1.58 bits per heavy atom. The first kappa shape index (κ1) is 17.4. The lowest BCUT2D eigenvalue weighted by atomic mass is 10.0. The molecule has 0 saturated heterocycles. The molecule has 0 heterocycles. The van der Waals surface area contributed by atoms with Crippen molar-refractivity contribution in [3.05, 3.63) is 82.9 Å². The Morgan fingerprint density at radius 3 is 2.19 bits per heavy atom. The predicted octanol–water partition coefficient (Wildman–Crippen LogP) is 5.12. The van der Waals surface area contributed by atoms with Gasteiger partial charge in [0.15, 0.2) is 0 Å². The van der Waals surface area contributed by atoms with Gasteiger partial charge in [-0.15, -0.1) is 0 Å². The highest BCUT2D eigenvalue weighted by Crippen LogP contribution is 2.35. The van der Waals surface area contributed by atoms with Crippen molar-refractivity contribution >= 4 is 17.9 Å². The van der Waals surface area contributed by atoms with E-state index in [9.17, 15) is 15.0 Å². The minimum atomic E-state index is -1.06. The fraction of sp³-hybridized carbons (Fsp3) is 0.0909. The van der Waals surface area contributed by atoms with Crippen LogP contribution in [0.2, 0.25) is 0 Å². The summed E-state index contributed by atoms with van der Waals surface area (Å²) in [5.74, 6) is -1.16. The average molecular weight is 345 g/mol. The molecule has 0 aliphatic rings. The van der Waals surface area contributed by atoms with E-state index < -0.39 is 5.97 Å². The molecule has 0 atom stereocenters. The van der Waals surface area contributed by atoms with Crippen molar-refractivity contribution in [2.75, 3.05) is 0 Å². The van der Waals surface area contributed by atoms with Crippen LogP contribution in [0.1, 0.15) is 27.0 Å². The minimum Gasteiger partial charge on any atom is -0.505 e. The number of rotatable bonds is 4. The van der Waals surface area contributed by atoms with E-state index in [1.165, 1.54) is 6.07 Å². The molecule has 0 amide bonds. The number of aromatic carboxylic acids is 1. The molecular weight excluding hydrogens is 326 g/mol. The number of hydrogen-bond acceptors (Lipinski definition) is 3. The van der Waals surface area contributed by atoms with E-state index in [0.717, 1.165) is 16.7 Å². The standard InChI is InChI=1S/C22H19NO3/c1-14-12-19(22(25)26)15(2)21(24)20(14)23-13-16-8-10-18(11-9-16)17-6-4-3-5-7-17/h3-13,24H,1-2H3,(H,25,26). The van der Waals surface area contributed by atoms with Gasteiger partial charge in [0, 0.05) is 11.8 Å². The highest BCUT2D eigenvalue weighted by molar-refractivity contribution is 5.92. The molecule has 0 bridgehead atoms. The number of phenolic OH excluding ortho intramolecular Hbond substituents is 1. The number of carbonyl (C=O) groups is 1. The van der Waals surface area contributed by atoms with Gasteiger partial charge in [0.25, 0.3) is 0 Å². The Labute approximate surface area is 152 Å². The van der Waals surface area contributed by atoms with Gasteiger partial charge in [-0.3, -0.25) is 4.99 Å². The number of hydrogen-bond donors (Lipinski definition) is 2. The van der Waals surface area contributed by atoms with E-state index in [4.69, 9.17) is 0 Å². The van der Waals surface area contributed by atoms with Crippen molar-refractivity contribution in [2.45, 2.75) is 13.8 Å². The van der Waals surface area contributed by atoms with Gasteiger partial charge in [-0.05, 0) is 42.2 Å². The lowest BCUT2D eigenvalue weighted by molar-refractivity contribution is 0.0695. The molecule has 26 heavy (non-hydrogen) atoms. The third-order valence-electron chi connectivity index (χ3n) is 4.31. The zero-order chi connectivity index (χ0) is 18.7. The molecule has 3 aromatic carbocycles. The second-order valence-corrected chi connectivity index (χ2v) is 6.11. The van der Waals surface area contributed by atoms with Crippen LogP contribution < -0.4 is 0 Å². The summed E-state index contributed by atoms with van der Waals surface area (Å²) in [6.45, 7) is 3.31.